The van der Waals surface area contributed by atoms with E-state index in [0.29, 0.717) is 50.3 Å². The van der Waals surface area contributed by atoms with Gasteiger partial charge >= 0.3 is 0 Å². The quantitative estimate of drug-likeness (QED) is 0.594. The van der Waals surface area contributed by atoms with Gasteiger partial charge in [-0.2, -0.15) is 0 Å². The standard InChI is InChI=1S/C25H29N5O3/c1-18-14-22(28-25(27-18)29-10-12-32-13-11-29)24(31)30-9-5-8-20(17-30)23-26-16-21(33-23)15-19-6-3-2-4-7-19/h2-4,6-7,14,16,20H,5,8-13,15,17H2,1H3/t20-/m0/s1. The Morgan fingerprint density at radius 3 is 2.76 bits per heavy atom. The molecule has 1 aromatic carbocycles. The third-order valence-corrected chi connectivity index (χ3v) is 6.21. The summed E-state index contributed by atoms with van der Waals surface area (Å²) in [5.41, 5.74) is 2.43. The number of amides is 1. The number of carbonyl (C=O) groups excluding carboxylic acids is 1. The molecule has 2 aromatic heterocycles. The van der Waals surface area contributed by atoms with Gasteiger partial charge < -0.3 is 19.0 Å². The highest BCUT2D eigenvalue weighted by atomic mass is 16.5. The third kappa shape index (κ3) is 5.06. The molecule has 0 bridgehead atoms. The van der Waals surface area contributed by atoms with Gasteiger partial charge in [0.1, 0.15) is 11.5 Å². The predicted molar refractivity (Wildman–Crippen MR) is 123 cm³/mol. The molecule has 2 saturated heterocycles. The Kier molecular flexibility index (Phi) is 6.35. The van der Waals surface area contributed by atoms with Crippen LogP contribution in [-0.4, -0.2) is 65.2 Å². The van der Waals surface area contributed by atoms with Crippen molar-refractivity contribution in [1.82, 2.24) is 19.9 Å². The van der Waals surface area contributed by atoms with Crippen LogP contribution in [0.1, 0.15) is 52.2 Å². The molecule has 1 amide bonds. The number of rotatable bonds is 5. The fraction of sp³-hybridized carbons (Fsp3) is 0.440. The number of likely N-dealkylation sites (tertiary alicyclic amines) is 1. The van der Waals surface area contributed by atoms with E-state index in [-0.39, 0.29) is 11.8 Å². The van der Waals surface area contributed by atoms with Crippen LogP contribution < -0.4 is 4.90 Å². The molecule has 2 aliphatic rings. The van der Waals surface area contributed by atoms with Crippen LogP contribution in [0.4, 0.5) is 5.95 Å². The van der Waals surface area contributed by atoms with Crippen LogP contribution in [0, 0.1) is 6.92 Å². The molecule has 0 saturated carbocycles. The first kappa shape index (κ1) is 21.6. The van der Waals surface area contributed by atoms with E-state index in [1.54, 1.807) is 6.07 Å². The van der Waals surface area contributed by atoms with E-state index in [1.807, 2.05) is 36.2 Å². The number of carbonyl (C=O) groups is 1. The van der Waals surface area contributed by atoms with Crippen molar-refractivity contribution in [3.63, 3.8) is 0 Å². The highest BCUT2D eigenvalue weighted by Crippen LogP contribution is 2.28. The number of anilines is 1. The number of aromatic nitrogens is 3. The average Bonchev–Trinajstić information content (AvgIpc) is 3.33. The number of morpholine rings is 1. The van der Waals surface area contributed by atoms with Crippen LogP contribution in [0.3, 0.4) is 0 Å². The molecule has 0 N–H and O–H groups in total. The number of piperidine rings is 1. The molecule has 8 nitrogen and oxygen atoms in total. The normalized spacial score (nSPS) is 19.0. The molecule has 172 valence electrons. The summed E-state index contributed by atoms with van der Waals surface area (Å²) < 4.78 is 11.5. The summed E-state index contributed by atoms with van der Waals surface area (Å²) in [6.45, 7) is 5.97. The number of hydrogen-bond donors (Lipinski definition) is 0. The molecule has 3 aromatic rings. The van der Waals surface area contributed by atoms with E-state index in [1.165, 1.54) is 5.56 Å². The van der Waals surface area contributed by atoms with Crippen molar-refractivity contribution in [3.05, 3.63) is 71.2 Å². The smallest absolute Gasteiger partial charge is 0.272 e. The zero-order chi connectivity index (χ0) is 22.6. The Bertz CT molecular complexity index is 1090. The van der Waals surface area contributed by atoms with Crippen molar-refractivity contribution in [2.24, 2.45) is 0 Å². The molecule has 0 radical (unpaired) electrons. The van der Waals surface area contributed by atoms with Gasteiger partial charge in [0.2, 0.25) is 5.95 Å². The molecule has 0 spiro atoms. The van der Waals surface area contributed by atoms with Crippen LogP contribution in [0.25, 0.3) is 0 Å². The third-order valence-electron chi connectivity index (χ3n) is 6.21. The first-order valence-electron chi connectivity index (χ1n) is 11.6. The molecule has 5 rings (SSSR count). The SMILES string of the molecule is Cc1cc(C(=O)N2CCC[C@H](c3ncc(Cc4ccccc4)o3)C2)nc(N2CCOCC2)n1. The summed E-state index contributed by atoms with van der Waals surface area (Å²) in [7, 11) is 0. The minimum atomic E-state index is -0.0595. The number of oxazole rings is 1. The fourth-order valence-corrected chi connectivity index (χ4v) is 4.48. The summed E-state index contributed by atoms with van der Waals surface area (Å²) in [5, 5.41) is 0. The van der Waals surface area contributed by atoms with E-state index in [4.69, 9.17) is 9.15 Å². The molecule has 1 atom stereocenters. The van der Waals surface area contributed by atoms with Gasteiger partial charge in [0.05, 0.1) is 25.3 Å². The largest absolute Gasteiger partial charge is 0.445 e. The highest BCUT2D eigenvalue weighted by molar-refractivity contribution is 5.92. The van der Waals surface area contributed by atoms with Crippen LogP contribution in [0.2, 0.25) is 0 Å². The van der Waals surface area contributed by atoms with E-state index in [2.05, 4.69) is 32.0 Å². The van der Waals surface area contributed by atoms with E-state index < -0.39 is 0 Å². The Balaban J connectivity index is 1.28. The second-order valence-electron chi connectivity index (χ2n) is 8.71. The van der Waals surface area contributed by atoms with Crippen molar-refractivity contribution in [2.45, 2.75) is 32.1 Å². The lowest BCUT2D eigenvalue weighted by Crippen LogP contribution is -2.40. The maximum Gasteiger partial charge on any atom is 0.272 e. The molecule has 2 fully saturated rings. The van der Waals surface area contributed by atoms with Gasteiger partial charge in [0.25, 0.3) is 5.91 Å². The summed E-state index contributed by atoms with van der Waals surface area (Å²) >= 11 is 0. The number of nitrogens with zero attached hydrogens (tertiary/aromatic N) is 5. The Labute approximate surface area is 193 Å². The van der Waals surface area contributed by atoms with Gasteiger partial charge in [0, 0.05) is 38.3 Å². The van der Waals surface area contributed by atoms with Crippen molar-refractivity contribution >= 4 is 11.9 Å². The highest BCUT2D eigenvalue weighted by Gasteiger charge is 2.29. The van der Waals surface area contributed by atoms with Crippen LogP contribution in [0.15, 0.2) is 47.0 Å². The van der Waals surface area contributed by atoms with E-state index in [9.17, 15) is 4.79 Å². The Morgan fingerprint density at radius 1 is 1.12 bits per heavy atom. The first-order valence-corrected chi connectivity index (χ1v) is 11.6. The molecular formula is C25H29N5O3. The van der Waals surface area contributed by atoms with Crippen molar-refractivity contribution in [2.75, 3.05) is 44.3 Å². The van der Waals surface area contributed by atoms with Gasteiger partial charge in [0.15, 0.2) is 5.89 Å². The Hall–Kier alpha value is -3.26. The first-order chi connectivity index (χ1) is 16.2. The van der Waals surface area contributed by atoms with Gasteiger partial charge in [-0.15, -0.1) is 0 Å². The minimum absolute atomic E-state index is 0.0595. The number of hydrogen-bond acceptors (Lipinski definition) is 7. The second-order valence-corrected chi connectivity index (χ2v) is 8.71. The number of benzene rings is 1. The van der Waals surface area contributed by atoms with Crippen molar-refractivity contribution < 1.29 is 13.9 Å². The lowest BCUT2D eigenvalue weighted by molar-refractivity contribution is 0.0691. The second kappa shape index (κ2) is 9.70. The van der Waals surface area contributed by atoms with Gasteiger partial charge in [-0.05, 0) is 31.4 Å². The summed E-state index contributed by atoms with van der Waals surface area (Å²) in [6.07, 6.45) is 4.39. The Morgan fingerprint density at radius 2 is 1.94 bits per heavy atom. The predicted octanol–water partition coefficient (Wildman–Crippen LogP) is 3.22. The molecule has 8 heteroatoms. The maximum atomic E-state index is 13.4. The molecule has 0 aliphatic carbocycles. The monoisotopic (exact) mass is 447 g/mol. The van der Waals surface area contributed by atoms with Crippen LogP contribution in [0.5, 0.6) is 0 Å². The van der Waals surface area contributed by atoms with E-state index in [0.717, 1.165) is 37.4 Å². The van der Waals surface area contributed by atoms with Crippen LogP contribution >= 0.6 is 0 Å². The van der Waals surface area contributed by atoms with Crippen molar-refractivity contribution in [1.29, 1.82) is 0 Å². The summed E-state index contributed by atoms with van der Waals surface area (Å²) in [5.74, 6) is 2.20. The zero-order valence-electron chi connectivity index (χ0n) is 18.9. The van der Waals surface area contributed by atoms with E-state index >= 15 is 0 Å². The van der Waals surface area contributed by atoms with Crippen LogP contribution in [-0.2, 0) is 11.2 Å². The molecule has 2 aliphatic heterocycles. The topological polar surface area (TPSA) is 84.6 Å². The minimum Gasteiger partial charge on any atom is -0.445 e. The van der Waals surface area contributed by atoms with Gasteiger partial charge in [-0.25, -0.2) is 15.0 Å². The van der Waals surface area contributed by atoms with Gasteiger partial charge in [-0.1, -0.05) is 30.3 Å². The fourth-order valence-electron chi connectivity index (χ4n) is 4.48. The summed E-state index contributed by atoms with van der Waals surface area (Å²) in [4.78, 5) is 31.0. The number of aryl methyl sites for hydroxylation is 1. The molecule has 33 heavy (non-hydrogen) atoms. The maximum absolute atomic E-state index is 13.4. The lowest BCUT2D eigenvalue weighted by Gasteiger charge is -2.31. The van der Waals surface area contributed by atoms with Gasteiger partial charge in [-0.3, -0.25) is 4.79 Å². The van der Waals surface area contributed by atoms with Crippen molar-refractivity contribution in [3.8, 4) is 0 Å². The number of ether oxygens (including phenoxy) is 1. The summed E-state index contributed by atoms with van der Waals surface area (Å²) in [6, 6.07) is 12.0. The molecule has 0 unspecified atom stereocenters. The molecular weight excluding hydrogens is 418 g/mol. The average molecular weight is 448 g/mol. The lowest BCUT2D eigenvalue weighted by atomic mass is 9.97. The zero-order valence-corrected chi connectivity index (χ0v) is 18.9. The molecule has 4 heterocycles.